The van der Waals surface area contributed by atoms with Crippen LogP contribution in [0, 0.1) is 0 Å². The summed E-state index contributed by atoms with van der Waals surface area (Å²) < 4.78 is 36.9. The van der Waals surface area contributed by atoms with E-state index < -0.39 is 19.1 Å². The monoisotopic (exact) mass is 425 g/mol. The van der Waals surface area contributed by atoms with Gasteiger partial charge in [0.25, 0.3) is 0 Å². The predicted molar refractivity (Wildman–Crippen MR) is 107 cm³/mol. The molecule has 2 N–H and O–H groups in total. The van der Waals surface area contributed by atoms with E-state index in [2.05, 4.69) is 6.07 Å². The molecule has 2 amide bonds. The zero-order chi connectivity index (χ0) is 22.1. The standard InChI is InChI=1S/C20H27BF3N3O3/c1-21(30)27-10-7-19(8-11-27)13-15(14-5-3-4-6-16(14)19)17(28)26(2)12-9-25-18(29)20(22,23)24/h3-6,15,30H,7-13H2,1-2H3,(H,25,29)/t15-/m1/s1. The molecule has 1 heterocycles. The summed E-state index contributed by atoms with van der Waals surface area (Å²) in [6.07, 6.45) is -2.60. The summed E-state index contributed by atoms with van der Waals surface area (Å²) >= 11 is 0. The molecule has 30 heavy (non-hydrogen) atoms. The van der Waals surface area contributed by atoms with E-state index in [1.807, 2.05) is 23.0 Å². The van der Waals surface area contributed by atoms with Gasteiger partial charge in [-0.1, -0.05) is 24.3 Å². The molecule has 0 radical (unpaired) electrons. The van der Waals surface area contributed by atoms with E-state index in [-0.39, 0.29) is 30.3 Å². The average molecular weight is 425 g/mol. The van der Waals surface area contributed by atoms with Crippen LogP contribution in [0.2, 0.25) is 6.82 Å². The molecule has 1 aliphatic carbocycles. The van der Waals surface area contributed by atoms with Crippen LogP contribution in [-0.4, -0.2) is 73.0 Å². The van der Waals surface area contributed by atoms with Crippen molar-refractivity contribution >= 4 is 18.9 Å². The highest BCUT2D eigenvalue weighted by atomic mass is 19.4. The van der Waals surface area contributed by atoms with Gasteiger partial charge in [0.05, 0.1) is 5.92 Å². The molecule has 1 fully saturated rings. The van der Waals surface area contributed by atoms with Crippen molar-refractivity contribution in [3.05, 3.63) is 35.4 Å². The van der Waals surface area contributed by atoms with Gasteiger partial charge in [0.2, 0.25) is 5.91 Å². The molecule has 10 heteroatoms. The number of alkyl halides is 3. The fraction of sp³-hybridized carbons (Fsp3) is 0.600. The summed E-state index contributed by atoms with van der Waals surface area (Å²) in [4.78, 5) is 27.5. The van der Waals surface area contributed by atoms with E-state index in [1.54, 1.807) is 19.2 Å². The third-order valence-corrected chi connectivity index (χ3v) is 6.45. The van der Waals surface area contributed by atoms with Gasteiger partial charge in [0.15, 0.2) is 0 Å². The van der Waals surface area contributed by atoms with Gasteiger partial charge in [-0.2, -0.15) is 13.2 Å². The van der Waals surface area contributed by atoms with Crippen LogP contribution in [0.1, 0.15) is 36.3 Å². The van der Waals surface area contributed by atoms with Crippen LogP contribution in [0.4, 0.5) is 13.2 Å². The van der Waals surface area contributed by atoms with E-state index >= 15 is 0 Å². The van der Waals surface area contributed by atoms with Crippen LogP contribution in [0.5, 0.6) is 0 Å². The Kier molecular flexibility index (Phi) is 6.47. The number of halogens is 3. The maximum Gasteiger partial charge on any atom is 0.471 e. The fourth-order valence-electron chi connectivity index (χ4n) is 4.73. The SMILES string of the molecule is CB(O)N1CCC2(CC1)C[C@@H](C(=O)N(C)CCNC(=O)C(F)(F)F)c1ccccc12. The van der Waals surface area contributed by atoms with Crippen LogP contribution < -0.4 is 5.32 Å². The molecule has 6 nitrogen and oxygen atoms in total. The summed E-state index contributed by atoms with van der Waals surface area (Å²) in [5.41, 5.74) is 2.00. The van der Waals surface area contributed by atoms with Gasteiger partial charge in [-0.15, -0.1) is 0 Å². The topological polar surface area (TPSA) is 72.9 Å². The molecule has 1 saturated heterocycles. The van der Waals surface area contributed by atoms with Gasteiger partial charge in [-0.05, 0) is 55.7 Å². The first-order valence-corrected chi connectivity index (χ1v) is 10.2. The van der Waals surface area contributed by atoms with Crippen molar-refractivity contribution in [1.29, 1.82) is 0 Å². The molecular formula is C20H27BF3N3O3. The van der Waals surface area contributed by atoms with Crippen LogP contribution in [0.15, 0.2) is 24.3 Å². The molecule has 0 unspecified atom stereocenters. The molecule has 3 rings (SSSR count). The van der Waals surface area contributed by atoms with Gasteiger partial charge in [-0.3, -0.25) is 9.59 Å². The Hall–Kier alpha value is -2.07. The second-order valence-electron chi connectivity index (χ2n) is 8.31. The van der Waals surface area contributed by atoms with Crippen LogP contribution >= 0.6 is 0 Å². The lowest BCUT2D eigenvalue weighted by Crippen LogP contribution is -2.47. The van der Waals surface area contributed by atoms with E-state index in [0.717, 1.165) is 37.1 Å². The quantitative estimate of drug-likeness (QED) is 0.706. The smallest absolute Gasteiger partial charge is 0.437 e. The molecular weight excluding hydrogens is 398 g/mol. The van der Waals surface area contributed by atoms with E-state index in [1.165, 1.54) is 4.90 Å². The Labute approximate surface area is 174 Å². The zero-order valence-corrected chi connectivity index (χ0v) is 17.2. The number of piperidine rings is 1. The van der Waals surface area contributed by atoms with E-state index in [9.17, 15) is 27.8 Å². The number of benzene rings is 1. The molecule has 1 atom stereocenters. The molecule has 0 aromatic heterocycles. The van der Waals surface area contributed by atoms with Crippen molar-refractivity contribution in [2.24, 2.45) is 0 Å². The molecule has 1 spiro atoms. The summed E-state index contributed by atoms with van der Waals surface area (Å²) in [6.45, 7) is 2.98. The number of nitrogens with one attached hydrogen (secondary N) is 1. The predicted octanol–water partition coefficient (Wildman–Crippen LogP) is 1.75. The van der Waals surface area contributed by atoms with Crippen LogP contribution in [0.25, 0.3) is 0 Å². The Balaban J connectivity index is 1.68. The molecule has 1 aliphatic heterocycles. The van der Waals surface area contributed by atoms with Crippen LogP contribution in [0.3, 0.4) is 0 Å². The van der Waals surface area contributed by atoms with Crippen molar-refractivity contribution in [2.45, 2.75) is 43.6 Å². The number of carbonyl (C=O) groups excluding carboxylic acids is 2. The Morgan fingerprint density at radius 3 is 2.53 bits per heavy atom. The molecule has 1 aromatic rings. The number of fused-ring (bicyclic) bond motifs is 2. The first-order chi connectivity index (χ1) is 14.0. The number of carbonyl (C=O) groups is 2. The first kappa shape index (κ1) is 22.6. The molecule has 0 bridgehead atoms. The minimum Gasteiger partial charge on any atom is -0.437 e. The molecule has 0 saturated carbocycles. The van der Waals surface area contributed by atoms with Crippen molar-refractivity contribution in [3.63, 3.8) is 0 Å². The number of hydrogen-bond acceptors (Lipinski definition) is 4. The second-order valence-corrected chi connectivity index (χ2v) is 8.31. The van der Waals surface area contributed by atoms with Gasteiger partial charge in [-0.25, -0.2) is 0 Å². The lowest BCUT2D eigenvalue weighted by molar-refractivity contribution is -0.173. The van der Waals surface area contributed by atoms with Gasteiger partial charge >= 0.3 is 19.1 Å². The van der Waals surface area contributed by atoms with Crippen molar-refractivity contribution in [2.75, 3.05) is 33.2 Å². The first-order valence-electron chi connectivity index (χ1n) is 10.2. The van der Waals surface area contributed by atoms with E-state index in [0.29, 0.717) is 6.42 Å². The maximum absolute atomic E-state index is 13.1. The number of hydrogen-bond donors (Lipinski definition) is 2. The summed E-state index contributed by atoms with van der Waals surface area (Å²) in [6, 6.07) is 7.87. The normalized spacial score (nSPS) is 20.7. The largest absolute Gasteiger partial charge is 0.471 e. The van der Waals surface area contributed by atoms with E-state index in [4.69, 9.17) is 0 Å². The van der Waals surface area contributed by atoms with Crippen molar-refractivity contribution < 1.29 is 27.8 Å². The number of nitrogens with zero attached hydrogens (tertiary/aromatic N) is 2. The number of rotatable bonds is 5. The number of likely N-dealkylation sites (N-methyl/N-ethyl adjacent to an activating group) is 1. The highest BCUT2D eigenvalue weighted by molar-refractivity contribution is 6.45. The Bertz CT molecular complexity index is 795. The molecule has 1 aromatic carbocycles. The Morgan fingerprint density at radius 2 is 1.93 bits per heavy atom. The third kappa shape index (κ3) is 4.49. The molecule has 164 valence electrons. The average Bonchev–Trinajstić information content (AvgIpc) is 3.01. The zero-order valence-electron chi connectivity index (χ0n) is 17.2. The second kappa shape index (κ2) is 8.59. The minimum absolute atomic E-state index is 0.00211. The minimum atomic E-state index is -4.93. The fourth-order valence-corrected chi connectivity index (χ4v) is 4.73. The lowest BCUT2D eigenvalue weighted by Gasteiger charge is -2.41. The van der Waals surface area contributed by atoms with Crippen LogP contribution in [-0.2, 0) is 15.0 Å². The summed E-state index contributed by atoms with van der Waals surface area (Å²) in [7, 11) is 1.04. The maximum atomic E-state index is 13.1. The van der Waals surface area contributed by atoms with Gasteiger partial charge < -0.3 is 20.1 Å². The molecule has 2 aliphatic rings. The lowest BCUT2D eigenvalue weighted by atomic mass is 9.70. The third-order valence-electron chi connectivity index (χ3n) is 6.45. The van der Waals surface area contributed by atoms with Crippen molar-refractivity contribution in [1.82, 2.24) is 15.0 Å². The highest BCUT2D eigenvalue weighted by Gasteiger charge is 2.48. The van der Waals surface area contributed by atoms with Gasteiger partial charge in [0.1, 0.15) is 0 Å². The number of amides is 2. The summed E-state index contributed by atoms with van der Waals surface area (Å²) in [5.74, 6) is -2.51. The van der Waals surface area contributed by atoms with Gasteiger partial charge in [0, 0.05) is 20.1 Å². The highest BCUT2D eigenvalue weighted by Crippen LogP contribution is 2.52. The summed E-state index contributed by atoms with van der Waals surface area (Å²) in [5, 5.41) is 11.7. The Morgan fingerprint density at radius 1 is 1.30 bits per heavy atom. The van der Waals surface area contributed by atoms with Crippen molar-refractivity contribution in [3.8, 4) is 0 Å².